The van der Waals surface area contributed by atoms with Crippen molar-refractivity contribution in [3.8, 4) is 0 Å². The summed E-state index contributed by atoms with van der Waals surface area (Å²) >= 11 is 0. The van der Waals surface area contributed by atoms with Crippen molar-refractivity contribution in [1.29, 1.82) is 0 Å². The average Bonchev–Trinajstić information content (AvgIpc) is 2.86. The zero-order chi connectivity index (χ0) is 15.4. The van der Waals surface area contributed by atoms with Crippen LogP contribution in [0.5, 0.6) is 0 Å². The standard InChI is InChI=1S/C12H20N6O3/c1-3-16(2)5-4-13-12(21)17-6-9(7-17)18-8-10(11(19)20)14-15-18/h8-9H,3-7H2,1-2H3,(H,13,21)(H,19,20). The first-order valence-corrected chi connectivity index (χ1v) is 6.87. The van der Waals surface area contributed by atoms with Crippen LogP contribution < -0.4 is 5.32 Å². The molecular weight excluding hydrogens is 276 g/mol. The van der Waals surface area contributed by atoms with Crippen molar-refractivity contribution in [3.63, 3.8) is 0 Å². The second-order valence-corrected chi connectivity index (χ2v) is 5.08. The van der Waals surface area contributed by atoms with Crippen LogP contribution >= 0.6 is 0 Å². The van der Waals surface area contributed by atoms with Crippen molar-refractivity contribution in [2.24, 2.45) is 0 Å². The first-order valence-electron chi connectivity index (χ1n) is 6.87. The van der Waals surface area contributed by atoms with E-state index in [1.165, 1.54) is 10.9 Å². The van der Waals surface area contributed by atoms with Crippen molar-refractivity contribution in [2.45, 2.75) is 13.0 Å². The van der Waals surface area contributed by atoms with Crippen LogP contribution in [0.4, 0.5) is 4.79 Å². The van der Waals surface area contributed by atoms with Gasteiger partial charge < -0.3 is 20.2 Å². The van der Waals surface area contributed by atoms with Crippen LogP contribution in [0.3, 0.4) is 0 Å². The molecule has 21 heavy (non-hydrogen) atoms. The second kappa shape index (κ2) is 6.53. The van der Waals surface area contributed by atoms with E-state index in [0.717, 1.165) is 13.1 Å². The summed E-state index contributed by atoms with van der Waals surface area (Å²) in [5.41, 5.74) is -0.0829. The quantitative estimate of drug-likeness (QED) is 0.733. The number of hydrogen-bond donors (Lipinski definition) is 2. The predicted octanol–water partition coefficient (Wildman–Crippen LogP) is -0.506. The van der Waals surface area contributed by atoms with Crippen LogP contribution in [0.2, 0.25) is 0 Å². The number of aromatic carboxylic acids is 1. The molecule has 2 N–H and O–H groups in total. The van der Waals surface area contributed by atoms with E-state index < -0.39 is 5.97 Å². The highest BCUT2D eigenvalue weighted by atomic mass is 16.4. The summed E-state index contributed by atoms with van der Waals surface area (Å²) in [6.07, 6.45) is 1.39. The Labute approximate surface area is 122 Å². The lowest BCUT2D eigenvalue weighted by atomic mass is 10.1. The fraction of sp³-hybridized carbons (Fsp3) is 0.667. The maximum absolute atomic E-state index is 11.8. The molecular formula is C12H20N6O3. The average molecular weight is 296 g/mol. The van der Waals surface area contributed by atoms with Gasteiger partial charge in [-0.2, -0.15) is 0 Å². The molecule has 9 heteroatoms. The topological polar surface area (TPSA) is 104 Å². The van der Waals surface area contributed by atoms with E-state index in [2.05, 4.69) is 27.5 Å². The number of likely N-dealkylation sites (tertiary alicyclic amines) is 1. The van der Waals surface area contributed by atoms with Crippen LogP contribution in [0.15, 0.2) is 6.20 Å². The number of nitrogens with zero attached hydrogens (tertiary/aromatic N) is 5. The molecule has 0 radical (unpaired) electrons. The number of urea groups is 1. The van der Waals surface area contributed by atoms with Gasteiger partial charge in [0.2, 0.25) is 0 Å². The summed E-state index contributed by atoms with van der Waals surface area (Å²) in [4.78, 5) is 26.3. The second-order valence-electron chi connectivity index (χ2n) is 5.08. The number of nitrogens with one attached hydrogen (secondary N) is 1. The van der Waals surface area contributed by atoms with E-state index in [1.807, 2.05) is 7.05 Å². The molecule has 0 aliphatic carbocycles. The van der Waals surface area contributed by atoms with E-state index in [4.69, 9.17) is 5.11 Å². The molecule has 2 rings (SSSR count). The molecule has 0 bridgehead atoms. The fourth-order valence-electron chi connectivity index (χ4n) is 1.97. The number of carbonyl (C=O) groups excluding carboxylic acids is 1. The van der Waals surface area contributed by atoms with E-state index in [9.17, 15) is 9.59 Å². The van der Waals surface area contributed by atoms with Gasteiger partial charge >= 0.3 is 12.0 Å². The van der Waals surface area contributed by atoms with Crippen LogP contribution in [0.25, 0.3) is 0 Å². The molecule has 0 saturated carbocycles. The molecule has 0 unspecified atom stereocenters. The van der Waals surface area contributed by atoms with E-state index in [1.54, 1.807) is 4.90 Å². The van der Waals surface area contributed by atoms with Gasteiger partial charge in [-0.1, -0.05) is 12.1 Å². The Morgan fingerprint density at radius 1 is 1.52 bits per heavy atom. The van der Waals surface area contributed by atoms with Gasteiger partial charge in [0.25, 0.3) is 0 Å². The van der Waals surface area contributed by atoms with Crippen LogP contribution in [-0.4, -0.2) is 81.7 Å². The van der Waals surface area contributed by atoms with Gasteiger partial charge in [-0.3, -0.25) is 0 Å². The fourth-order valence-corrected chi connectivity index (χ4v) is 1.97. The molecule has 2 heterocycles. The third-order valence-electron chi connectivity index (χ3n) is 3.56. The molecule has 1 saturated heterocycles. The Morgan fingerprint density at radius 3 is 2.81 bits per heavy atom. The number of carbonyl (C=O) groups is 2. The van der Waals surface area contributed by atoms with Crippen molar-refractivity contribution in [2.75, 3.05) is 39.8 Å². The lowest BCUT2D eigenvalue weighted by Crippen LogP contribution is -2.55. The van der Waals surface area contributed by atoms with Gasteiger partial charge in [-0.25, -0.2) is 14.3 Å². The minimum Gasteiger partial charge on any atom is -0.476 e. The first kappa shape index (κ1) is 15.2. The lowest BCUT2D eigenvalue weighted by molar-refractivity contribution is 0.0690. The molecule has 9 nitrogen and oxygen atoms in total. The van der Waals surface area contributed by atoms with Crippen LogP contribution in [-0.2, 0) is 0 Å². The van der Waals surface area contributed by atoms with E-state index in [-0.39, 0.29) is 17.8 Å². The number of aromatic nitrogens is 3. The Hall–Kier alpha value is -2.16. The largest absolute Gasteiger partial charge is 0.476 e. The minimum absolute atomic E-state index is 0.00494. The highest BCUT2D eigenvalue weighted by Gasteiger charge is 2.33. The van der Waals surface area contributed by atoms with Gasteiger partial charge in [-0.05, 0) is 13.6 Å². The normalized spacial score (nSPS) is 15.1. The molecule has 2 amide bonds. The molecule has 1 aliphatic rings. The van der Waals surface area contributed by atoms with Crippen molar-refractivity contribution < 1.29 is 14.7 Å². The molecule has 116 valence electrons. The summed E-state index contributed by atoms with van der Waals surface area (Å²) in [6, 6.07) is -0.107. The first-order chi connectivity index (χ1) is 10.0. The maximum atomic E-state index is 11.8. The SMILES string of the molecule is CCN(C)CCNC(=O)N1CC(n2cc(C(=O)O)nn2)C1. The maximum Gasteiger partial charge on any atom is 0.358 e. The molecule has 1 aliphatic heterocycles. The highest BCUT2D eigenvalue weighted by molar-refractivity contribution is 5.84. The number of likely N-dealkylation sites (N-methyl/N-ethyl adjacent to an activating group) is 1. The number of carboxylic acid groups (broad SMARTS) is 1. The molecule has 1 aromatic heterocycles. The Kier molecular flexibility index (Phi) is 4.73. The lowest BCUT2D eigenvalue weighted by Gasteiger charge is -2.38. The van der Waals surface area contributed by atoms with Crippen LogP contribution in [0, 0.1) is 0 Å². The van der Waals surface area contributed by atoms with Gasteiger partial charge in [0, 0.05) is 26.2 Å². The zero-order valence-electron chi connectivity index (χ0n) is 12.2. The summed E-state index contributed by atoms with van der Waals surface area (Å²) in [5.74, 6) is -1.10. The smallest absolute Gasteiger partial charge is 0.358 e. The van der Waals surface area contributed by atoms with Crippen LogP contribution in [0.1, 0.15) is 23.5 Å². The summed E-state index contributed by atoms with van der Waals surface area (Å²) < 4.78 is 1.50. The van der Waals surface area contributed by atoms with Gasteiger partial charge in [0.05, 0.1) is 12.2 Å². The predicted molar refractivity (Wildman–Crippen MR) is 74.2 cm³/mol. The van der Waals surface area contributed by atoms with Gasteiger partial charge in [0.1, 0.15) is 0 Å². The molecule has 1 fully saturated rings. The zero-order valence-corrected chi connectivity index (χ0v) is 12.2. The summed E-state index contributed by atoms with van der Waals surface area (Å²) in [7, 11) is 2.00. The van der Waals surface area contributed by atoms with Crippen molar-refractivity contribution in [1.82, 2.24) is 30.1 Å². The van der Waals surface area contributed by atoms with E-state index in [0.29, 0.717) is 19.6 Å². The summed E-state index contributed by atoms with van der Waals surface area (Å²) in [6.45, 7) is 5.45. The molecule has 0 aromatic carbocycles. The number of hydrogen-bond acceptors (Lipinski definition) is 5. The Balaban J connectivity index is 1.72. The molecule has 0 atom stereocenters. The third kappa shape index (κ3) is 3.69. The Bertz CT molecular complexity index is 511. The third-order valence-corrected chi connectivity index (χ3v) is 3.56. The van der Waals surface area contributed by atoms with Gasteiger partial charge in [-0.15, -0.1) is 5.10 Å². The molecule has 1 aromatic rings. The number of carboxylic acids is 1. The number of rotatable bonds is 6. The van der Waals surface area contributed by atoms with Gasteiger partial charge in [0.15, 0.2) is 5.69 Å². The van der Waals surface area contributed by atoms with E-state index >= 15 is 0 Å². The molecule has 0 spiro atoms. The number of amides is 2. The van der Waals surface area contributed by atoms with Crippen molar-refractivity contribution in [3.05, 3.63) is 11.9 Å². The van der Waals surface area contributed by atoms with Crippen molar-refractivity contribution >= 4 is 12.0 Å². The monoisotopic (exact) mass is 296 g/mol. The Morgan fingerprint density at radius 2 is 2.24 bits per heavy atom. The minimum atomic E-state index is -1.10. The summed E-state index contributed by atoms with van der Waals surface area (Å²) in [5, 5.41) is 19.0. The highest BCUT2D eigenvalue weighted by Crippen LogP contribution is 2.20.